The lowest BCUT2D eigenvalue weighted by Crippen LogP contribution is -1.87. The third-order valence-corrected chi connectivity index (χ3v) is 4.03. The van der Waals surface area contributed by atoms with Crippen LogP contribution in [0, 0.1) is 0 Å². The number of nitrogen functional groups attached to an aromatic ring is 1. The maximum Gasteiger partial charge on any atom is 0.0331 e. The predicted molar refractivity (Wildman–Crippen MR) is 68.7 cm³/mol. The Hall–Kier alpha value is -0.410. The van der Waals surface area contributed by atoms with E-state index in [2.05, 4.69) is 29.4 Å². The first kappa shape index (κ1) is 11.7. The number of hydrogen-bond donors (Lipinski definition) is 1. The summed E-state index contributed by atoms with van der Waals surface area (Å²) in [7, 11) is 0. The number of hydrogen-bond acceptors (Lipinski definition) is 2. The van der Waals surface area contributed by atoms with E-state index < -0.39 is 0 Å². The highest BCUT2D eigenvalue weighted by Gasteiger charge is 2.01. The molecule has 0 saturated carbocycles. The van der Waals surface area contributed by atoms with Crippen LogP contribution in [0.3, 0.4) is 0 Å². The van der Waals surface area contributed by atoms with Gasteiger partial charge in [0.15, 0.2) is 0 Å². The maximum absolute atomic E-state index is 5.65. The third-order valence-electron chi connectivity index (χ3n) is 1.89. The molecule has 1 aromatic rings. The Bertz CT molecular complexity index is 336. The van der Waals surface area contributed by atoms with Gasteiger partial charge < -0.3 is 5.73 Å². The average molecular weight is 272 g/mol. The van der Waals surface area contributed by atoms with Crippen molar-refractivity contribution in [3.63, 3.8) is 0 Å². The summed E-state index contributed by atoms with van der Waals surface area (Å²) in [4.78, 5) is 1.22. The molecule has 14 heavy (non-hydrogen) atoms. The van der Waals surface area contributed by atoms with Crippen LogP contribution < -0.4 is 5.73 Å². The number of anilines is 1. The van der Waals surface area contributed by atoms with E-state index in [4.69, 9.17) is 5.73 Å². The first-order valence-electron chi connectivity index (χ1n) is 4.48. The molecule has 0 amide bonds. The van der Waals surface area contributed by atoms with Crippen LogP contribution in [0.25, 0.3) is 0 Å². The smallest absolute Gasteiger partial charge is 0.0331 e. The van der Waals surface area contributed by atoms with Gasteiger partial charge in [0.05, 0.1) is 0 Å². The zero-order chi connectivity index (χ0) is 10.6. The SMILES string of the molecule is C=C(CC)CSc1ccc(N)cc1Br. The topological polar surface area (TPSA) is 26.0 Å². The first-order chi connectivity index (χ1) is 6.63. The second-order valence-corrected chi connectivity index (χ2v) is 4.95. The lowest BCUT2D eigenvalue weighted by atomic mass is 10.3. The Morgan fingerprint density at radius 1 is 1.57 bits per heavy atom. The van der Waals surface area contributed by atoms with Gasteiger partial charge in [0.25, 0.3) is 0 Å². The van der Waals surface area contributed by atoms with Crippen LogP contribution in [0.1, 0.15) is 13.3 Å². The summed E-state index contributed by atoms with van der Waals surface area (Å²) in [6.45, 7) is 6.10. The molecule has 0 fully saturated rings. The highest BCUT2D eigenvalue weighted by Crippen LogP contribution is 2.30. The van der Waals surface area contributed by atoms with Gasteiger partial charge in [-0.3, -0.25) is 0 Å². The summed E-state index contributed by atoms with van der Waals surface area (Å²) >= 11 is 5.28. The van der Waals surface area contributed by atoms with Crippen molar-refractivity contribution in [3.05, 3.63) is 34.8 Å². The highest BCUT2D eigenvalue weighted by atomic mass is 79.9. The van der Waals surface area contributed by atoms with E-state index in [0.717, 1.165) is 22.3 Å². The minimum absolute atomic E-state index is 0.788. The minimum atomic E-state index is 0.788. The van der Waals surface area contributed by atoms with E-state index in [1.54, 1.807) is 11.8 Å². The normalized spacial score (nSPS) is 10.1. The van der Waals surface area contributed by atoms with Crippen molar-refractivity contribution in [3.8, 4) is 0 Å². The van der Waals surface area contributed by atoms with Gasteiger partial charge in [0, 0.05) is 20.8 Å². The quantitative estimate of drug-likeness (QED) is 0.507. The van der Waals surface area contributed by atoms with Crippen LogP contribution in [-0.4, -0.2) is 5.75 Å². The lowest BCUT2D eigenvalue weighted by molar-refractivity contribution is 1.12. The van der Waals surface area contributed by atoms with Gasteiger partial charge in [-0.15, -0.1) is 11.8 Å². The Balaban J connectivity index is 2.63. The van der Waals surface area contributed by atoms with Crippen LogP contribution in [0.4, 0.5) is 5.69 Å². The Labute approximate surface area is 97.9 Å². The highest BCUT2D eigenvalue weighted by molar-refractivity contribution is 9.10. The minimum Gasteiger partial charge on any atom is -0.399 e. The molecule has 1 nitrogen and oxygen atoms in total. The predicted octanol–water partition coefficient (Wildman–Crippen LogP) is 4.09. The third kappa shape index (κ3) is 3.39. The number of halogens is 1. The molecule has 1 rings (SSSR count). The summed E-state index contributed by atoms with van der Waals surface area (Å²) in [5.74, 6) is 0.971. The van der Waals surface area contributed by atoms with Crippen LogP contribution in [0.2, 0.25) is 0 Å². The second kappa shape index (κ2) is 5.47. The van der Waals surface area contributed by atoms with Crippen molar-refractivity contribution >= 4 is 33.4 Å². The molecule has 3 heteroatoms. The van der Waals surface area contributed by atoms with Crippen molar-refractivity contribution in [1.29, 1.82) is 0 Å². The summed E-state index contributed by atoms with van der Waals surface area (Å²) in [6.07, 6.45) is 1.04. The number of benzene rings is 1. The molecule has 0 aliphatic rings. The molecule has 0 bridgehead atoms. The fourth-order valence-electron chi connectivity index (χ4n) is 0.916. The second-order valence-electron chi connectivity index (χ2n) is 3.08. The summed E-state index contributed by atoms with van der Waals surface area (Å²) in [6, 6.07) is 5.88. The molecule has 2 N–H and O–H groups in total. The van der Waals surface area contributed by atoms with E-state index >= 15 is 0 Å². The van der Waals surface area contributed by atoms with Gasteiger partial charge in [-0.05, 0) is 40.5 Å². The summed E-state index contributed by atoms with van der Waals surface area (Å²) in [5, 5.41) is 0. The molecule has 0 spiro atoms. The number of nitrogens with two attached hydrogens (primary N) is 1. The standard InChI is InChI=1S/C11H14BrNS/c1-3-8(2)7-14-11-5-4-9(13)6-10(11)12/h4-6H,2-3,7,13H2,1H3. The Kier molecular flexibility index (Phi) is 4.55. The van der Waals surface area contributed by atoms with Crippen LogP contribution in [-0.2, 0) is 0 Å². The van der Waals surface area contributed by atoms with Crippen molar-refractivity contribution < 1.29 is 0 Å². The molecule has 0 aliphatic carbocycles. The van der Waals surface area contributed by atoms with Gasteiger partial charge in [0.2, 0.25) is 0 Å². The molecule has 0 aliphatic heterocycles. The largest absolute Gasteiger partial charge is 0.399 e. The summed E-state index contributed by atoms with van der Waals surface area (Å²) in [5.41, 5.74) is 7.70. The molecule has 76 valence electrons. The van der Waals surface area contributed by atoms with Crippen molar-refractivity contribution in [1.82, 2.24) is 0 Å². The van der Waals surface area contributed by atoms with E-state index in [-0.39, 0.29) is 0 Å². The van der Waals surface area contributed by atoms with E-state index in [9.17, 15) is 0 Å². The fraction of sp³-hybridized carbons (Fsp3) is 0.273. The average Bonchev–Trinajstić information content (AvgIpc) is 2.16. The van der Waals surface area contributed by atoms with Crippen molar-refractivity contribution in [2.75, 3.05) is 11.5 Å². The van der Waals surface area contributed by atoms with Crippen LogP contribution in [0.5, 0.6) is 0 Å². The molecule has 0 atom stereocenters. The first-order valence-corrected chi connectivity index (χ1v) is 6.25. The Morgan fingerprint density at radius 2 is 2.29 bits per heavy atom. The number of thioether (sulfide) groups is 1. The fourth-order valence-corrected chi connectivity index (χ4v) is 2.58. The summed E-state index contributed by atoms with van der Waals surface area (Å²) < 4.78 is 1.06. The van der Waals surface area contributed by atoms with Gasteiger partial charge in [-0.25, -0.2) is 0 Å². The zero-order valence-electron chi connectivity index (χ0n) is 8.22. The molecule has 0 aromatic heterocycles. The van der Waals surface area contributed by atoms with Gasteiger partial charge in [0.1, 0.15) is 0 Å². The van der Waals surface area contributed by atoms with Crippen molar-refractivity contribution in [2.45, 2.75) is 18.2 Å². The molecule has 0 unspecified atom stereocenters. The molecule has 0 heterocycles. The maximum atomic E-state index is 5.65. The van der Waals surface area contributed by atoms with Gasteiger partial charge in [-0.1, -0.05) is 19.1 Å². The van der Waals surface area contributed by atoms with Gasteiger partial charge >= 0.3 is 0 Å². The Morgan fingerprint density at radius 3 is 2.86 bits per heavy atom. The van der Waals surface area contributed by atoms with E-state index in [0.29, 0.717) is 0 Å². The monoisotopic (exact) mass is 271 g/mol. The lowest BCUT2D eigenvalue weighted by Gasteiger charge is -2.05. The van der Waals surface area contributed by atoms with Crippen LogP contribution >= 0.6 is 27.7 Å². The van der Waals surface area contributed by atoms with Gasteiger partial charge in [-0.2, -0.15) is 0 Å². The molecular formula is C11H14BrNS. The molecular weight excluding hydrogens is 258 g/mol. The zero-order valence-corrected chi connectivity index (χ0v) is 10.6. The molecule has 0 radical (unpaired) electrons. The van der Waals surface area contributed by atoms with Crippen LogP contribution in [0.15, 0.2) is 39.7 Å². The van der Waals surface area contributed by atoms with E-state index in [1.165, 1.54) is 10.5 Å². The molecule has 1 aromatic carbocycles. The van der Waals surface area contributed by atoms with Crippen molar-refractivity contribution in [2.24, 2.45) is 0 Å². The molecule has 0 saturated heterocycles. The van der Waals surface area contributed by atoms with E-state index in [1.807, 2.05) is 18.2 Å². The number of rotatable bonds is 4.